The number of rotatable bonds is 5. The number of hydrogen-bond donors (Lipinski definition) is 1. The first-order chi connectivity index (χ1) is 9.90. The molecule has 0 aliphatic heterocycles. The molecule has 1 amide bonds. The van der Waals surface area contributed by atoms with Gasteiger partial charge in [0.25, 0.3) is 6.43 Å². The van der Waals surface area contributed by atoms with E-state index in [9.17, 15) is 13.6 Å². The highest BCUT2D eigenvalue weighted by Gasteiger charge is 2.18. The van der Waals surface area contributed by atoms with Crippen molar-refractivity contribution in [1.29, 1.82) is 0 Å². The van der Waals surface area contributed by atoms with E-state index in [1.165, 1.54) is 6.07 Å². The monoisotopic (exact) mass is 297 g/mol. The number of alkyl halides is 2. The molecule has 0 aliphatic carbocycles. The Morgan fingerprint density at radius 3 is 2.76 bits per heavy atom. The van der Waals surface area contributed by atoms with E-state index in [1.807, 2.05) is 6.92 Å². The van der Waals surface area contributed by atoms with Crippen LogP contribution in [0.4, 0.5) is 14.5 Å². The summed E-state index contributed by atoms with van der Waals surface area (Å²) in [6, 6.07) is 1.28. The van der Waals surface area contributed by atoms with Crippen LogP contribution < -0.4 is 5.32 Å². The van der Waals surface area contributed by atoms with Gasteiger partial charge in [0.2, 0.25) is 5.91 Å². The third kappa shape index (κ3) is 3.45. The molecule has 0 radical (unpaired) electrons. The molecule has 2 heterocycles. The van der Waals surface area contributed by atoms with Gasteiger partial charge in [0.1, 0.15) is 12.2 Å². The van der Waals surface area contributed by atoms with E-state index in [4.69, 9.17) is 0 Å². The van der Waals surface area contributed by atoms with Gasteiger partial charge in [-0.15, -0.1) is 0 Å². The lowest BCUT2D eigenvalue weighted by Gasteiger charge is -2.07. The summed E-state index contributed by atoms with van der Waals surface area (Å²) in [6.07, 6.45) is -0.317. The van der Waals surface area contributed by atoms with Gasteiger partial charge in [-0.2, -0.15) is 10.2 Å². The van der Waals surface area contributed by atoms with Gasteiger partial charge in [-0.25, -0.2) is 8.78 Å². The van der Waals surface area contributed by atoms with E-state index in [2.05, 4.69) is 15.5 Å². The second kappa shape index (κ2) is 6.02. The number of nitrogens with one attached hydrogen (secondary N) is 1. The summed E-state index contributed by atoms with van der Waals surface area (Å²) in [5.41, 5.74) is 1.53. The molecule has 0 saturated carbocycles. The lowest BCUT2D eigenvalue weighted by atomic mass is 10.3. The van der Waals surface area contributed by atoms with Gasteiger partial charge in [-0.05, 0) is 19.4 Å². The first-order valence-electron chi connectivity index (χ1n) is 6.55. The minimum Gasteiger partial charge on any atom is -0.322 e. The molecule has 2 rings (SSSR count). The zero-order valence-electron chi connectivity index (χ0n) is 12.1. The molecule has 8 heteroatoms. The number of carbonyl (C=O) groups is 1. The van der Waals surface area contributed by atoms with E-state index >= 15 is 0 Å². The number of halogens is 2. The lowest BCUT2D eigenvalue weighted by molar-refractivity contribution is -0.117. The Labute approximate surface area is 120 Å². The molecular weight excluding hydrogens is 280 g/mol. The van der Waals surface area contributed by atoms with E-state index in [0.717, 1.165) is 10.4 Å². The lowest BCUT2D eigenvalue weighted by Crippen LogP contribution is -2.21. The van der Waals surface area contributed by atoms with Crippen molar-refractivity contribution in [3.8, 4) is 0 Å². The molecule has 2 aromatic rings. The zero-order chi connectivity index (χ0) is 15.6. The molecule has 0 atom stereocenters. The maximum absolute atomic E-state index is 12.8. The molecule has 0 unspecified atom stereocenters. The van der Waals surface area contributed by atoms with Crippen LogP contribution in [0.25, 0.3) is 0 Å². The predicted octanol–water partition coefficient (Wildman–Crippen LogP) is 2.06. The van der Waals surface area contributed by atoms with Crippen molar-refractivity contribution in [2.45, 2.75) is 33.2 Å². The van der Waals surface area contributed by atoms with Crippen molar-refractivity contribution < 1.29 is 13.6 Å². The quantitative estimate of drug-likeness (QED) is 0.918. The van der Waals surface area contributed by atoms with Crippen LogP contribution in [0, 0.1) is 6.92 Å². The normalized spacial score (nSPS) is 11.1. The molecule has 6 nitrogen and oxygen atoms in total. The van der Waals surface area contributed by atoms with Gasteiger partial charge in [-0.1, -0.05) is 6.92 Å². The summed E-state index contributed by atoms with van der Waals surface area (Å²) < 4.78 is 28.3. The Bertz CT molecular complexity index is 647. The van der Waals surface area contributed by atoms with E-state index in [0.29, 0.717) is 17.8 Å². The van der Waals surface area contributed by atoms with Crippen LogP contribution in [-0.2, 0) is 24.8 Å². The highest BCUT2D eigenvalue weighted by atomic mass is 19.3. The van der Waals surface area contributed by atoms with Crippen molar-refractivity contribution in [3.63, 3.8) is 0 Å². The van der Waals surface area contributed by atoms with Crippen LogP contribution in [0.5, 0.6) is 0 Å². The summed E-state index contributed by atoms with van der Waals surface area (Å²) in [6.45, 7) is 3.27. The van der Waals surface area contributed by atoms with Gasteiger partial charge in [0.05, 0.1) is 17.1 Å². The fourth-order valence-corrected chi connectivity index (χ4v) is 2.09. The molecule has 21 heavy (non-hydrogen) atoms. The largest absolute Gasteiger partial charge is 0.322 e. The van der Waals surface area contributed by atoms with Crippen LogP contribution in [0.1, 0.15) is 30.4 Å². The van der Waals surface area contributed by atoms with Gasteiger partial charge in [0, 0.05) is 13.2 Å². The summed E-state index contributed by atoms with van der Waals surface area (Å²) in [4.78, 5) is 12.0. The first kappa shape index (κ1) is 15.1. The molecule has 0 aliphatic rings. The molecule has 0 saturated heterocycles. The van der Waals surface area contributed by atoms with Gasteiger partial charge < -0.3 is 5.32 Å². The maximum atomic E-state index is 12.8. The summed E-state index contributed by atoms with van der Waals surface area (Å²) in [7, 11) is 1.75. The fourth-order valence-electron chi connectivity index (χ4n) is 2.09. The van der Waals surface area contributed by atoms with Gasteiger partial charge in [0.15, 0.2) is 0 Å². The minimum atomic E-state index is -2.66. The highest BCUT2D eigenvalue weighted by Crippen LogP contribution is 2.20. The van der Waals surface area contributed by atoms with Crippen LogP contribution in [0.15, 0.2) is 12.3 Å². The van der Waals surface area contributed by atoms with E-state index in [-0.39, 0.29) is 12.2 Å². The Kier molecular flexibility index (Phi) is 4.35. The topological polar surface area (TPSA) is 64.7 Å². The molecule has 0 spiro atoms. The van der Waals surface area contributed by atoms with Crippen LogP contribution in [-0.4, -0.2) is 25.5 Å². The smallest absolute Gasteiger partial charge is 0.280 e. The second-order valence-corrected chi connectivity index (χ2v) is 4.73. The number of aromatic nitrogens is 4. The summed E-state index contributed by atoms with van der Waals surface area (Å²) >= 11 is 0. The van der Waals surface area contributed by atoms with Crippen molar-refractivity contribution >= 4 is 11.6 Å². The van der Waals surface area contributed by atoms with Crippen molar-refractivity contribution in [3.05, 3.63) is 29.3 Å². The van der Waals surface area contributed by atoms with Gasteiger partial charge in [-0.3, -0.25) is 14.2 Å². The van der Waals surface area contributed by atoms with Crippen molar-refractivity contribution in [2.75, 3.05) is 5.32 Å². The molecule has 1 N–H and O–H groups in total. The number of carbonyl (C=O) groups excluding carboxylic acids is 1. The number of anilines is 1. The van der Waals surface area contributed by atoms with E-state index in [1.54, 1.807) is 24.9 Å². The summed E-state index contributed by atoms with van der Waals surface area (Å²) in [5, 5.41) is 10.8. The third-order valence-electron chi connectivity index (χ3n) is 2.96. The number of hydrogen-bond acceptors (Lipinski definition) is 3. The van der Waals surface area contributed by atoms with Gasteiger partial charge >= 0.3 is 0 Å². The molecule has 2 aromatic heterocycles. The molecule has 0 bridgehead atoms. The Morgan fingerprint density at radius 1 is 1.43 bits per heavy atom. The summed E-state index contributed by atoms with van der Waals surface area (Å²) in [5.74, 6) is -0.414. The average Bonchev–Trinajstić information content (AvgIpc) is 2.92. The average molecular weight is 297 g/mol. The standard InChI is InChI=1S/C13H17F2N5O/c1-4-9-10(6-19(3)18-9)16-12(21)7-20-11(13(14)15)5-8(2)17-20/h5-6,13H,4,7H2,1-3H3,(H,16,21). The Morgan fingerprint density at radius 2 is 2.14 bits per heavy atom. The molecular formula is C13H17F2N5O. The van der Waals surface area contributed by atoms with Crippen molar-refractivity contribution in [1.82, 2.24) is 19.6 Å². The predicted molar refractivity (Wildman–Crippen MR) is 73.1 cm³/mol. The first-order valence-corrected chi connectivity index (χ1v) is 6.55. The number of aryl methyl sites for hydroxylation is 3. The van der Waals surface area contributed by atoms with Crippen LogP contribution >= 0.6 is 0 Å². The Hall–Kier alpha value is -2.25. The maximum Gasteiger partial charge on any atom is 0.280 e. The van der Waals surface area contributed by atoms with Crippen LogP contribution in [0.2, 0.25) is 0 Å². The third-order valence-corrected chi connectivity index (χ3v) is 2.96. The zero-order valence-corrected chi connectivity index (χ0v) is 12.1. The number of nitrogens with zero attached hydrogens (tertiary/aromatic N) is 4. The Balaban J connectivity index is 2.11. The van der Waals surface area contributed by atoms with E-state index < -0.39 is 12.3 Å². The highest BCUT2D eigenvalue weighted by molar-refractivity contribution is 5.91. The fraction of sp³-hybridized carbons (Fsp3) is 0.462. The minimum absolute atomic E-state index is 0.258. The molecule has 0 aromatic carbocycles. The van der Waals surface area contributed by atoms with Crippen molar-refractivity contribution in [2.24, 2.45) is 7.05 Å². The van der Waals surface area contributed by atoms with Crippen LogP contribution in [0.3, 0.4) is 0 Å². The molecule has 114 valence electrons. The second-order valence-electron chi connectivity index (χ2n) is 4.73. The SMILES string of the molecule is CCc1nn(C)cc1NC(=O)Cn1nc(C)cc1C(F)F. The molecule has 0 fully saturated rings. The number of amides is 1.